The summed E-state index contributed by atoms with van der Waals surface area (Å²) in [4.78, 5) is 26.7. The van der Waals surface area contributed by atoms with Gasteiger partial charge in [-0.25, -0.2) is 9.67 Å². The normalized spacial score (nSPS) is 14.9. The zero-order valence-electron chi connectivity index (χ0n) is 16.1. The maximum absolute atomic E-state index is 12.8. The quantitative estimate of drug-likeness (QED) is 0.488. The van der Waals surface area contributed by atoms with Crippen molar-refractivity contribution >= 4 is 17.2 Å². The summed E-state index contributed by atoms with van der Waals surface area (Å²) < 4.78 is 7.05. The van der Waals surface area contributed by atoms with Crippen molar-refractivity contribution in [1.82, 2.24) is 34.7 Å². The third-order valence-corrected chi connectivity index (χ3v) is 5.83. The van der Waals surface area contributed by atoms with Gasteiger partial charge in [0.05, 0.1) is 17.0 Å². The average molecular weight is 421 g/mol. The second-order valence-corrected chi connectivity index (χ2v) is 7.86. The molecule has 4 aromatic heterocycles. The molecule has 0 radical (unpaired) electrons. The van der Waals surface area contributed by atoms with E-state index in [1.165, 1.54) is 0 Å². The molecule has 5 rings (SSSR count). The van der Waals surface area contributed by atoms with E-state index in [-0.39, 0.29) is 5.91 Å². The van der Waals surface area contributed by atoms with Crippen LogP contribution in [0, 0.1) is 0 Å². The molecule has 0 N–H and O–H groups in total. The van der Waals surface area contributed by atoms with Crippen LogP contribution in [0.3, 0.4) is 0 Å². The van der Waals surface area contributed by atoms with Crippen molar-refractivity contribution in [3.8, 4) is 16.5 Å². The Morgan fingerprint density at radius 3 is 2.73 bits per heavy atom. The Balaban J connectivity index is 1.16. The van der Waals surface area contributed by atoms with Crippen LogP contribution < -0.4 is 0 Å². The fourth-order valence-electron chi connectivity index (χ4n) is 3.36. The van der Waals surface area contributed by atoms with Gasteiger partial charge < -0.3 is 9.42 Å². The first-order valence-electron chi connectivity index (χ1n) is 9.60. The smallest absolute Gasteiger partial charge is 0.255 e. The van der Waals surface area contributed by atoms with Crippen LogP contribution in [0.1, 0.15) is 16.2 Å². The molecular weight excluding hydrogens is 402 g/mol. The second-order valence-electron chi connectivity index (χ2n) is 6.91. The number of thiophene rings is 1. The minimum atomic E-state index is -0.00747. The highest BCUT2D eigenvalue weighted by Gasteiger charge is 2.24. The number of rotatable bonds is 5. The molecule has 152 valence electrons. The molecule has 0 aromatic carbocycles. The van der Waals surface area contributed by atoms with E-state index in [1.54, 1.807) is 40.5 Å². The maximum Gasteiger partial charge on any atom is 0.255 e. The number of pyridine rings is 1. The molecule has 1 saturated heterocycles. The minimum Gasteiger partial charge on any atom is -0.338 e. The second kappa shape index (κ2) is 8.17. The lowest BCUT2D eigenvalue weighted by Gasteiger charge is -2.33. The Labute approximate surface area is 176 Å². The van der Waals surface area contributed by atoms with Gasteiger partial charge in [0.2, 0.25) is 11.7 Å². The van der Waals surface area contributed by atoms with Gasteiger partial charge in [-0.2, -0.15) is 10.1 Å². The summed E-state index contributed by atoms with van der Waals surface area (Å²) in [6, 6.07) is 9.37. The van der Waals surface area contributed by atoms with Crippen molar-refractivity contribution in [2.45, 2.75) is 6.54 Å². The van der Waals surface area contributed by atoms with Crippen molar-refractivity contribution in [2.24, 2.45) is 0 Å². The monoisotopic (exact) mass is 421 g/mol. The Morgan fingerprint density at radius 2 is 2.03 bits per heavy atom. The highest BCUT2D eigenvalue weighted by molar-refractivity contribution is 7.13. The summed E-state index contributed by atoms with van der Waals surface area (Å²) in [6.45, 7) is 3.38. The van der Waals surface area contributed by atoms with Crippen molar-refractivity contribution in [3.63, 3.8) is 0 Å². The van der Waals surface area contributed by atoms with E-state index in [2.05, 4.69) is 25.1 Å². The molecule has 30 heavy (non-hydrogen) atoms. The molecule has 0 spiro atoms. The first kappa shape index (κ1) is 18.6. The Kier molecular flexibility index (Phi) is 5.08. The van der Waals surface area contributed by atoms with Crippen LogP contribution in [0.5, 0.6) is 0 Å². The number of piperazine rings is 1. The Morgan fingerprint density at radius 1 is 1.13 bits per heavy atom. The number of aromatic nitrogens is 5. The molecule has 0 atom stereocenters. The molecule has 5 heterocycles. The van der Waals surface area contributed by atoms with Gasteiger partial charge in [0, 0.05) is 44.8 Å². The van der Waals surface area contributed by atoms with Crippen LogP contribution in [0.4, 0.5) is 0 Å². The van der Waals surface area contributed by atoms with Gasteiger partial charge in [-0.1, -0.05) is 11.2 Å². The predicted octanol–water partition coefficient (Wildman–Crippen LogP) is 2.34. The third kappa shape index (κ3) is 3.87. The number of amides is 1. The van der Waals surface area contributed by atoms with Crippen LogP contribution >= 0.6 is 11.3 Å². The molecule has 0 bridgehead atoms. The van der Waals surface area contributed by atoms with Gasteiger partial charge in [-0.15, -0.1) is 11.3 Å². The van der Waals surface area contributed by atoms with Crippen molar-refractivity contribution < 1.29 is 9.32 Å². The highest BCUT2D eigenvalue weighted by atomic mass is 32.1. The number of carbonyl (C=O) groups excluding carboxylic acids is 1. The van der Waals surface area contributed by atoms with Gasteiger partial charge in [-0.05, 0) is 29.6 Å². The summed E-state index contributed by atoms with van der Waals surface area (Å²) >= 11 is 1.58. The van der Waals surface area contributed by atoms with E-state index in [1.807, 2.05) is 34.7 Å². The van der Waals surface area contributed by atoms with Crippen molar-refractivity contribution in [2.75, 3.05) is 26.2 Å². The SMILES string of the molecule is O=C(c1ccc(-n2cccn2)nc1)N1CCN(Cc2nc(-c3cccs3)no2)CC1. The third-order valence-electron chi connectivity index (χ3n) is 4.96. The number of hydrogen-bond donors (Lipinski definition) is 0. The molecule has 10 heteroatoms. The zero-order chi connectivity index (χ0) is 20.3. The molecule has 1 amide bonds. The van der Waals surface area contributed by atoms with E-state index < -0.39 is 0 Å². The molecule has 1 fully saturated rings. The molecule has 1 aliphatic heterocycles. The van der Waals surface area contributed by atoms with Crippen LogP contribution in [0.15, 0.2) is 58.8 Å². The van der Waals surface area contributed by atoms with Crippen LogP contribution in [0.25, 0.3) is 16.5 Å². The molecule has 1 aliphatic rings. The van der Waals surface area contributed by atoms with Crippen LogP contribution in [-0.4, -0.2) is 66.8 Å². The first-order valence-corrected chi connectivity index (χ1v) is 10.5. The fourth-order valence-corrected chi connectivity index (χ4v) is 4.01. The predicted molar refractivity (Wildman–Crippen MR) is 110 cm³/mol. The zero-order valence-corrected chi connectivity index (χ0v) is 16.9. The lowest BCUT2D eigenvalue weighted by molar-refractivity contribution is 0.0614. The lowest BCUT2D eigenvalue weighted by atomic mass is 10.2. The average Bonchev–Trinajstić information content (AvgIpc) is 3.56. The summed E-state index contributed by atoms with van der Waals surface area (Å²) in [5.74, 6) is 1.89. The fraction of sp³-hybridized carbons (Fsp3) is 0.250. The van der Waals surface area contributed by atoms with Crippen molar-refractivity contribution in [1.29, 1.82) is 0 Å². The lowest BCUT2D eigenvalue weighted by Crippen LogP contribution is -2.48. The standard InChI is InChI=1S/C20H19N7O2S/c28-20(15-4-5-17(21-13-15)27-7-2-6-22-27)26-10-8-25(9-11-26)14-18-23-19(24-29-18)16-3-1-12-30-16/h1-7,12-13H,8-11,14H2. The highest BCUT2D eigenvalue weighted by Crippen LogP contribution is 2.22. The van der Waals surface area contributed by atoms with Gasteiger partial charge in [0.1, 0.15) is 0 Å². The molecule has 0 saturated carbocycles. The van der Waals surface area contributed by atoms with Crippen LogP contribution in [-0.2, 0) is 6.54 Å². The maximum atomic E-state index is 12.8. The summed E-state index contributed by atoms with van der Waals surface area (Å²) in [5.41, 5.74) is 0.580. The van der Waals surface area contributed by atoms with E-state index in [9.17, 15) is 4.79 Å². The van der Waals surface area contributed by atoms with E-state index in [0.29, 0.717) is 42.7 Å². The van der Waals surface area contributed by atoms with Gasteiger partial charge in [-0.3, -0.25) is 9.69 Å². The van der Waals surface area contributed by atoms with E-state index in [0.717, 1.165) is 18.0 Å². The largest absolute Gasteiger partial charge is 0.338 e. The topological polar surface area (TPSA) is 93.2 Å². The first-order chi connectivity index (χ1) is 14.8. The van der Waals surface area contributed by atoms with E-state index in [4.69, 9.17) is 4.52 Å². The van der Waals surface area contributed by atoms with Crippen molar-refractivity contribution in [3.05, 3.63) is 65.8 Å². The number of carbonyl (C=O) groups is 1. The van der Waals surface area contributed by atoms with Gasteiger partial charge >= 0.3 is 0 Å². The van der Waals surface area contributed by atoms with Gasteiger partial charge in [0.15, 0.2) is 5.82 Å². The Bertz CT molecular complexity index is 1100. The summed E-state index contributed by atoms with van der Waals surface area (Å²) in [5, 5.41) is 10.2. The summed E-state index contributed by atoms with van der Waals surface area (Å²) in [7, 11) is 0. The van der Waals surface area contributed by atoms with E-state index >= 15 is 0 Å². The molecular formula is C20H19N7O2S. The molecule has 0 aliphatic carbocycles. The Hall–Kier alpha value is -3.37. The van der Waals surface area contributed by atoms with Crippen LogP contribution in [0.2, 0.25) is 0 Å². The number of hydrogen-bond acceptors (Lipinski definition) is 8. The minimum absolute atomic E-state index is 0.00747. The molecule has 0 unspecified atom stereocenters. The molecule has 9 nitrogen and oxygen atoms in total. The van der Waals surface area contributed by atoms with Gasteiger partial charge in [0.25, 0.3) is 5.91 Å². The number of nitrogens with zero attached hydrogens (tertiary/aromatic N) is 7. The molecule has 4 aromatic rings. The summed E-state index contributed by atoms with van der Waals surface area (Å²) in [6.07, 6.45) is 5.11.